The van der Waals surface area contributed by atoms with E-state index in [0.29, 0.717) is 30.2 Å². The van der Waals surface area contributed by atoms with Crippen LogP contribution in [-0.2, 0) is 6.54 Å². The maximum Gasteiger partial charge on any atom is 0.277 e. The minimum atomic E-state index is -0.434. The zero-order valence-electron chi connectivity index (χ0n) is 17.2. The molecule has 0 unspecified atom stereocenters. The number of aliphatic hydroxyl groups excluding tert-OH is 1. The van der Waals surface area contributed by atoms with Crippen molar-refractivity contribution in [3.63, 3.8) is 0 Å². The van der Waals surface area contributed by atoms with Gasteiger partial charge in [0.15, 0.2) is 5.69 Å². The van der Waals surface area contributed by atoms with Crippen LogP contribution in [0.5, 0.6) is 0 Å². The third kappa shape index (κ3) is 5.85. The van der Waals surface area contributed by atoms with Gasteiger partial charge in [0.25, 0.3) is 5.91 Å². The van der Waals surface area contributed by atoms with Crippen molar-refractivity contribution in [3.05, 3.63) is 47.4 Å². The van der Waals surface area contributed by atoms with Crippen LogP contribution in [0.1, 0.15) is 35.8 Å². The van der Waals surface area contributed by atoms with E-state index >= 15 is 0 Å². The van der Waals surface area contributed by atoms with Crippen molar-refractivity contribution in [3.8, 4) is 0 Å². The number of carbonyl (C=O) groups excluding carboxylic acids is 1. The summed E-state index contributed by atoms with van der Waals surface area (Å²) in [6, 6.07) is 4.54. The molecule has 1 atom stereocenters. The topological polar surface area (TPSA) is 81.8 Å². The van der Waals surface area contributed by atoms with E-state index in [1.165, 1.54) is 12.3 Å². The number of amides is 1. The molecule has 1 aromatic carbocycles. The van der Waals surface area contributed by atoms with Gasteiger partial charge in [0.2, 0.25) is 5.89 Å². The number of halogens is 1. The molecule has 0 bridgehead atoms. The molecule has 1 aromatic heterocycles. The van der Waals surface area contributed by atoms with E-state index in [9.17, 15) is 14.3 Å². The van der Waals surface area contributed by atoms with Gasteiger partial charge >= 0.3 is 0 Å². The number of piperazine rings is 1. The molecular formula is C21H29FN4O3. The summed E-state index contributed by atoms with van der Waals surface area (Å²) >= 11 is 0. The number of hydrogen-bond donors (Lipinski definition) is 2. The number of nitrogens with zero attached hydrogens (tertiary/aromatic N) is 3. The number of rotatable bonds is 7. The summed E-state index contributed by atoms with van der Waals surface area (Å²) in [5.41, 5.74) is 1.06. The van der Waals surface area contributed by atoms with Gasteiger partial charge in [-0.3, -0.25) is 14.6 Å². The number of β-amino-alcohol motifs (C(OH)–C–C–N with tert-alkyl or cyclic N) is 1. The average molecular weight is 404 g/mol. The molecule has 1 fully saturated rings. The summed E-state index contributed by atoms with van der Waals surface area (Å²) in [5, 5.41) is 12.7. The fourth-order valence-electron chi connectivity index (χ4n) is 3.15. The minimum absolute atomic E-state index is 0.166. The van der Waals surface area contributed by atoms with Crippen LogP contribution in [0, 0.1) is 18.7 Å². The summed E-state index contributed by atoms with van der Waals surface area (Å²) in [7, 11) is 0. The summed E-state index contributed by atoms with van der Waals surface area (Å²) in [4.78, 5) is 21.0. The number of aryl methyl sites for hydroxylation is 1. The molecule has 7 nitrogen and oxygen atoms in total. The Bertz CT molecular complexity index is 831. The van der Waals surface area contributed by atoms with E-state index in [0.717, 1.165) is 26.2 Å². The van der Waals surface area contributed by atoms with Gasteiger partial charge in [0, 0.05) is 38.4 Å². The summed E-state index contributed by atoms with van der Waals surface area (Å²) in [6.45, 7) is 10.3. The van der Waals surface area contributed by atoms with Crippen molar-refractivity contribution in [2.24, 2.45) is 5.92 Å². The third-order valence-corrected chi connectivity index (χ3v) is 5.25. The maximum absolute atomic E-state index is 13.6. The second-order valence-electron chi connectivity index (χ2n) is 7.93. The molecule has 0 radical (unpaired) electrons. The Hall–Kier alpha value is -2.29. The SMILES string of the molecule is Cc1ccc(NC(=O)c2coc(CN3CCN(C[C@H](O)C(C)C)CC3)n2)cc1F. The van der Waals surface area contributed by atoms with Crippen LogP contribution in [-0.4, -0.2) is 64.6 Å². The number of aromatic nitrogens is 1. The second-order valence-corrected chi connectivity index (χ2v) is 7.93. The summed E-state index contributed by atoms with van der Waals surface area (Å²) in [5.74, 6) is -0.0818. The fraction of sp³-hybridized carbons (Fsp3) is 0.524. The molecule has 1 saturated heterocycles. The van der Waals surface area contributed by atoms with Gasteiger partial charge in [-0.2, -0.15) is 0 Å². The smallest absolute Gasteiger partial charge is 0.277 e. The number of nitrogens with one attached hydrogen (secondary N) is 1. The Kier molecular flexibility index (Phi) is 7.00. The molecule has 3 rings (SSSR count). The van der Waals surface area contributed by atoms with Crippen LogP contribution in [0.4, 0.5) is 10.1 Å². The first kappa shape index (κ1) is 21.4. The highest BCUT2D eigenvalue weighted by molar-refractivity contribution is 6.02. The molecule has 2 N–H and O–H groups in total. The predicted molar refractivity (Wildman–Crippen MR) is 108 cm³/mol. The van der Waals surface area contributed by atoms with Gasteiger partial charge in [-0.15, -0.1) is 0 Å². The van der Waals surface area contributed by atoms with Crippen LogP contribution in [0.15, 0.2) is 28.9 Å². The number of hydrogen-bond acceptors (Lipinski definition) is 6. The lowest BCUT2D eigenvalue weighted by molar-refractivity contribution is 0.0463. The molecule has 0 aliphatic carbocycles. The van der Waals surface area contributed by atoms with Crippen molar-refractivity contribution < 1.29 is 18.7 Å². The largest absolute Gasteiger partial charge is 0.447 e. The Morgan fingerprint density at radius 2 is 1.97 bits per heavy atom. The molecule has 1 aliphatic heterocycles. The van der Waals surface area contributed by atoms with Crippen molar-refractivity contribution in [2.75, 3.05) is 38.0 Å². The lowest BCUT2D eigenvalue weighted by atomic mass is 10.1. The maximum atomic E-state index is 13.6. The van der Waals surface area contributed by atoms with Gasteiger partial charge < -0.3 is 14.8 Å². The van der Waals surface area contributed by atoms with Crippen molar-refractivity contribution in [1.82, 2.24) is 14.8 Å². The molecule has 8 heteroatoms. The normalized spacial score (nSPS) is 16.9. The quantitative estimate of drug-likeness (QED) is 0.738. The number of oxazole rings is 1. The Morgan fingerprint density at radius 3 is 2.62 bits per heavy atom. The first-order valence-corrected chi connectivity index (χ1v) is 9.96. The molecule has 158 valence electrons. The Balaban J connectivity index is 1.49. The molecule has 2 heterocycles. The highest BCUT2D eigenvalue weighted by atomic mass is 19.1. The zero-order valence-corrected chi connectivity index (χ0v) is 17.2. The Labute approximate surface area is 170 Å². The predicted octanol–water partition coefficient (Wildman–Crippen LogP) is 2.51. The summed E-state index contributed by atoms with van der Waals surface area (Å²) < 4.78 is 19.1. The van der Waals surface area contributed by atoms with Crippen LogP contribution in [0.3, 0.4) is 0 Å². The van der Waals surface area contributed by atoms with Crippen molar-refractivity contribution in [1.29, 1.82) is 0 Å². The molecule has 1 amide bonds. The molecule has 2 aromatic rings. The third-order valence-electron chi connectivity index (χ3n) is 5.25. The monoisotopic (exact) mass is 404 g/mol. The lowest BCUT2D eigenvalue weighted by Crippen LogP contribution is -2.48. The fourth-order valence-corrected chi connectivity index (χ4v) is 3.15. The van der Waals surface area contributed by atoms with Gasteiger partial charge in [-0.1, -0.05) is 19.9 Å². The van der Waals surface area contributed by atoms with Crippen molar-refractivity contribution in [2.45, 2.75) is 33.4 Å². The highest BCUT2D eigenvalue weighted by Gasteiger charge is 2.22. The molecular weight excluding hydrogens is 375 g/mol. The second kappa shape index (κ2) is 9.47. The number of anilines is 1. The zero-order chi connectivity index (χ0) is 21.0. The molecule has 0 saturated carbocycles. The molecule has 0 spiro atoms. The Morgan fingerprint density at radius 1 is 1.28 bits per heavy atom. The lowest BCUT2D eigenvalue weighted by Gasteiger charge is -2.35. The van der Waals surface area contributed by atoms with Gasteiger partial charge in [0.1, 0.15) is 12.1 Å². The van der Waals surface area contributed by atoms with E-state index in [1.807, 2.05) is 13.8 Å². The van der Waals surface area contributed by atoms with Gasteiger partial charge in [-0.05, 0) is 30.5 Å². The minimum Gasteiger partial charge on any atom is -0.447 e. The standard InChI is InChI=1S/C21H29FN4O3/c1-14(2)19(27)11-25-6-8-26(9-7-25)12-20-24-18(13-29-20)21(28)23-16-5-4-15(3)17(22)10-16/h4-5,10,13-14,19,27H,6-9,11-12H2,1-3H3,(H,23,28)/t19-/m0/s1. The van der Waals surface area contributed by atoms with E-state index in [-0.39, 0.29) is 23.5 Å². The van der Waals surface area contributed by atoms with E-state index in [1.54, 1.807) is 19.1 Å². The first-order chi connectivity index (χ1) is 13.8. The van der Waals surface area contributed by atoms with Crippen LogP contribution in [0.25, 0.3) is 0 Å². The van der Waals surface area contributed by atoms with Crippen LogP contribution in [0.2, 0.25) is 0 Å². The number of aliphatic hydroxyl groups is 1. The van der Waals surface area contributed by atoms with Gasteiger partial charge in [-0.25, -0.2) is 9.37 Å². The van der Waals surface area contributed by atoms with E-state index < -0.39 is 5.91 Å². The highest BCUT2D eigenvalue weighted by Crippen LogP contribution is 2.16. The van der Waals surface area contributed by atoms with Crippen LogP contribution >= 0.6 is 0 Å². The van der Waals surface area contributed by atoms with Crippen LogP contribution < -0.4 is 5.32 Å². The summed E-state index contributed by atoms with van der Waals surface area (Å²) in [6.07, 6.45) is 1.01. The number of benzene rings is 1. The van der Waals surface area contributed by atoms with E-state index in [2.05, 4.69) is 20.1 Å². The first-order valence-electron chi connectivity index (χ1n) is 9.96. The average Bonchev–Trinajstić information content (AvgIpc) is 3.15. The molecule has 29 heavy (non-hydrogen) atoms. The molecule has 1 aliphatic rings. The van der Waals surface area contributed by atoms with Gasteiger partial charge in [0.05, 0.1) is 12.6 Å². The van der Waals surface area contributed by atoms with E-state index in [4.69, 9.17) is 4.42 Å². The number of carbonyl (C=O) groups is 1. The van der Waals surface area contributed by atoms with Crippen molar-refractivity contribution >= 4 is 11.6 Å².